The van der Waals surface area contributed by atoms with Gasteiger partial charge >= 0.3 is 0 Å². The molecule has 20 heavy (non-hydrogen) atoms. The minimum absolute atomic E-state index is 0.0706. The van der Waals surface area contributed by atoms with Crippen LogP contribution < -0.4 is 11.1 Å². The van der Waals surface area contributed by atoms with Crippen molar-refractivity contribution in [2.75, 3.05) is 0 Å². The summed E-state index contributed by atoms with van der Waals surface area (Å²) in [6, 6.07) is 10.9. The Labute approximate surface area is 122 Å². The van der Waals surface area contributed by atoms with Crippen LogP contribution in [0.25, 0.3) is 0 Å². The Bertz CT molecular complexity index is 598. The second-order valence-corrected chi connectivity index (χ2v) is 4.67. The Hall–Kier alpha value is -2.34. The Balaban J connectivity index is 1.86. The minimum atomic E-state index is -0.0706. The van der Waals surface area contributed by atoms with Crippen molar-refractivity contribution in [3.05, 3.63) is 59.4 Å². The van der Waals surface area contributed by atoms with Gasteiger partial charge in [0.05, 0.1) is 18.7 Å². The van der Waals surface area contributed by atoms with Crippen LogP contribution in [0.3, 0.4) is 0 Å². The molecule has 0 aliphatic carbocycles. The van der Waals surface area contributed by atoms with E-state index in [0.29, 0.717) is 18.0 Å². The van der Waals surface area contributed by atoms with Crippen LogP contribution in [0.15, 0.2) is 42.6 Å². The second kappa shape index (κ2) is 6.72. The van der Waals surface area contributed by atoms with Crippen molar-refractivity contribution in [3.8, 4) is 0 Å². The van der Waals surface area contributed by atoms with E-state index < -0.39 is 0 Å². The molecule has 0 fully saturated rings. The maximum Gasteiger partial charge on any atom is 0.224 e. The highest BCUT2D eigenvalue weighted by atomic mass is 32.1. The number of aromatic nitrogens is 2. The molecule has 0 saturated carbocycles. The first-order valence-corrected chi connectivity index (χ1v) is 6.48. The molecule has 1 amide bonds. The molecule has 0 unspecified atom stereocenters. The van der Waals surface area contributed by atoms with E-state index in [1.54, 1.807) is 12.3 Å². The average molecular weight is 286 g/mol. The number of nitrogens with zero attached hydrogens (tertiary/aromatic N) is 2. The normalized spacial score (nSPS) is 10.0. The molecular formula is C14H14N4OS. The van der Waals surface area contributed by atoms with E-state index in [2.05, 4.69) is 15.5 Å². The molecule has 0 bridgehead atoms. The van der Waals surface area contributed by atoms with Gasteiger partial charge in [-0.15, -0.1) is 0 Å². The number of hydrogen-bond acceptors (Lipinski definition) is 4. The number of carbonyl (C=O) groups excluding carboxylic acids is 1. The third kappa shape index (κ3) is 4.10. The predicted molar refractivity (Wildman–Crippen MR) is 79.9 cm³/mol. The van der Waals surface area contributed by atoms with Gasteiger partial charge in [-0.25, -0.2) is 0 Å². The first-order chi connectivity index (χ1) is 9.65. The summed E-state index contributed by atoms with van der Waals surface area (Å²) in [6.07, 6.45) is 1.90. The highest BCUT2D eigenvalue weighted by Gasteiger charge is 2.04. The van der Waals surface area contributed by atoms with Crippen molar-refractivity contribution in [2.24, 2.45) is 5.73 Å². The van der Waals surface area contributed by atoms with Gasteiger partial charge in [-0.3, -0.25) is 4.79 Å². The molecule has 1 heterocycles. The molecule has 2 aromatic rings. The first kappa shape index (κ1) is 14.1. The van der Waals surface area contributed by atoms with Crippen LogP contribution in [0.5, 0.6) is 0 Å². The number of carbonyl (C=O) groups is 1. The Kier molecular flexibility index (Phi) is 4.73. The van der Waals surface area contributed by atoms with Crippen LogP contribution >= 0.6 is 12.2 Å². The zero-order valence-corrected chi connectivity index (χ0v) is 11.6. The van der Waals surface area contributed by atoms with E-state index in [1.165, 1.54) is 0 Å². The molecule has 6 heteroatoms. The summed E-state index contributed by atoms with van der Waals surface area (Å²) < 4.78 is 0. The fourth-order valence-corrected chi connectivity index (χ4v) is 1.79. The third-order valence-corrected chi connectivity index (χ3v) is 2.93. The smallest absolute Gasteiger partial charge is 0.224 e. The van der Waals surface area contributed by atoms with Crippen LogP contribution in [0.4, 0.5) is 0 Å². The van der Waals surface area contributed by atoms with Crippen LogP contribution in [-0.2, 0) is 17.8 Å². The second-order valence-electron chi connectivity index (χ2n) is 4.23. The van der Waals surface area contributed by atoms with Gasteiger partial charge in [-0.1, -0.05) is 36.5 Å². The van der Waals surface area contributed by atoms with Crippen molar-refractivity contribution in [2.45, 2.75) is 13.0 Å². The molecule has 0 aliphatic heterocycles. The van der Waals surface area contributed by atoms with Crippen molar-refractivity contribution in [1.82, 2.24) is 15.5 Å². The monoisotopic (exact) mass is 286 g/mol. The quantitative estimate of drug-likeness (QED) is 0.801. The Morgan fingerprint density at radius 1 is 1.25 bits per heavy atom. The summed E-state index contributed by atoms with van der Waals surface area (Å²) in [6.45, 7) is 0.373. The van der Waals surface area contributed by atoms with Gasteiger partial charge in [-0.05, 0) is 17.7 Å². The van der Waals surface area contributed by atoms with Crippen molar-refractivity contribution in [1.29, 1.82) is 0 Å². The number of nitrogens with two attached hydrogens (primary N) is 1. The lowest BCUT2D eigenvalue weighted by molar-refractivity contribution is -0.120. The zero-order chi connectivity index (χ0) is 14.4. The van der Waals surface area contributed by atoms with Gasteiger partial charge in [0.2, 0.25) is 5.91 Å². The lowest BCUT2D eigenvalue weighted by Gasteiger charge is -2.05. The van der Waals surface area contributed by atoms with Gasteiger partial charge in [0, 0.05) is 11.8 Å². The lowest BCUT2D eigenvalue weighted by Crippen LogP contribution is -2.25. The van der Waals surface area contributed by atoms with Crippen LogP contribution in [-0.4, -0.2) is 21.1 Å². The summed E-state index contributed by atoms with van der Waals surface area (Å²) >= 11 is 4.87. The summed E-state index contributed by atoms with van der Waals surface area (Å²) in [5, 5.41) is 10.4. The van der Waals surface area contributed by atoms with E-state index in [9.17, 15) is 4.79 Å². The van der Waals surface area contributed by atoms with E-state index in [-0.39, 0.29) is 5.91 Å². The van der Waals surface area contributed by atoms with Crippen LogP contribution in [0.2, 0.25) is 0 Å². The first-order valence-electron chi connectivity index (χ1n) is 6.07. The fraction of sp³-hybridized carbons (Fsp3) is 0.143. The topological polar surface area (TPSA) is 80.9 Å². The van der Waals surface area contributed by atoms with Crippen LogP contribution in [0, 0.1) is 0 Å². The van der Waals surface area contributed by atoms with Gasteiger partial charge in [0.25, 0.3) is 0 Å². The molecule has 1 aromatic heterocycles. The molecule has 0 atom stereocenters. The van der Waals surface area contributed by atoms with E-state index in [1.807, 2.05) is 30.3 Å². The minimum Gasteiger partial charge on any atom is -0.389 e. The van der Waals surface area contributed by atoms with Gasteiger partial charge in [-0.2, -0.15) is 10.2 Å². The SMILES string of the molecule is NC(=S)c1ccc(CC(=O)NCc2cccnn2)cc1. The Morgan fingerprint density at radius 2 is 2.00 bits per heavy atom. The van der Waals surface area contributed by atoms with Gasteiger partial charge in [0.1, 0.15) is 4.99 Å². The largest absolute Gasteiger partial charge is 0.389 e. The van der Waals surface area contributed by atoms with Crippen molar-refractivity contribution >= 4 is 23.1 Å². The number of hydrogen-bond donors (Lipinski definition) is 2. The molecule has 1 aromatic carbocycles. The van der Waals surface area contributed by atoms with Crippen LogP contribution in [0.1, 0.15) is 16.8 Å². The molecule has 5 nitrogen and oxygen atoms in total. The predicted octanol–water partition coefficient (Wildman–Crippen LogP) is 0.970. The van der Waals surface area contributed by atoms with Crippen molar-refractivity contribution < 1.29 is 4.79 Å². The molecule has 3 N–H and O–H groups in total. The van der Waals surface area contributed by atoms with E-state index >= 15 is 0 Å². The molecule has 0 spiro atoms. The maximum absolute atomic E-state index is 11.8. The van der Waals surface area contributed by atoms with Gasteiger partial charge < -0.3 is 11.1 Å². The number of benzene rings is 1. The third-order valence-electron chi connectivity index (χ3n) is 2.70. The molecule has 102 valence electrons. The summed E-state index contributed by atoms with van der Waals surface area (Å²) in [7, 11) is 0. The maximum atomic E-state index is 11.8. The highest BCUT2D eigenvalue weighted by molar-refractivity contribution is 7.80. The summed E-state index contributed by atoms with van der Waals surface area (Å²) in [4.78, 5) is 12.1. The standard InChI is InChI=1S/C14H14N4OS/c15-14(20)11-5-3-10(4-6-11)8-13(19)16-9-12-2-1-7-17-18-12/h1-7H,8-9H2,(H2,15,20)(H,16,19). The van der Waals surface area contributed by atoms with E-state index in [4.69, 9.17) is 18.0 Å². The summed E-state index contributed by atoms with van der Waals surface area (Å²) in [5.41, 5.74) is 7.94. The summed E-state index contributed by atoms with van der Waals surface area (Å²) in [5.74, 6) is -0.0706. The zero-order valence-electron chi connectivity index (χ0n) is 10.7. The molecule has 2 rings (SSSR count). The molecule has 0 radical (unpaired) electrons. The number of nitrogens with one attached hydrogen (secondary N) is 1. The molecule has 0 aliphatic rings. The Morgan fingerprint density at radius 3 is 2.60 bits per heavy atom. The number of thiocarbonyl (C=S) groups is 1. The van der Waals surface area contributed by atoms with E-state index in [0.717, 1.165) is 16.8 Å². The number of amides is 1. The molecular weight excluding hydrogens is 272 g/mol. The fourth-order valence-electron chi connectivity index (χ4n) is 1.65. The van der Waals surface area contributed by atoms with Gasteiger partial charge in [0.15, 0.2) is 0 Å². The number of rotatable bonds is 5. The molecule has 0 saturated heterocycles. The lowest BCUT2D eigenvalue weighted by atomic mass is 10.1. The average Bonchev–Trinajstić information content (AvgIpc) is 2.47. The van der Waals surface area contributed by atoms with Crippen molar-refractivity contribution in [3.63, 3.8) is 0 Å². The highest BCUT2D eigenvalue weighted by Crippen LogP contribution is 2.05.